The lowest BCUT2D eigenvalue weighted by atomic mass is 9.98. The van der Waals surface area contributed by atoms with Crippen LogP contribution in [0.25, 0.3) is 0 Å². The molecule has 4 nitrogen and oxygen atoms in total. The maximum atomic E-state index is 9.10. The summed E-state index contributed by atoms with van der Waals surface area (Å²) in [5.41, 5.74) is 0. The number of likely N-dealkylation sites (tertiary alicyclic amines) is 2. The van der Waals surface area contributed by atoms with Crippen LogP contribution in [-0.4, -0.2) is 72.0 Å². The fraction of sp³-hybridized carbons (Fsp3) is 1.00. The number of rotatable bonds is 3. The maximum absolute atomic E-state index is 9.10. The minimum atomic E-state index is -0.0206. The van der Waals surface area contributed by atoms with E-state index in [-0.39, 0.29) is 6.10 Å². The van der Waals surface area contributed by atoms with Crippen LogP contribution in [0.4, 0.5) is 0 Å². The van der Waals surface area contributed by atoms with Crippen molar-refractivity contribution in [1.82, 2.24) is 9.80 Å². The third kappa shape index (κ3) is 6.70. The second-order valence-electron chi connectivity index (χ2n) is 5.73. The zero-order chi connectivity index (χ0) is 14.1. The predicted octanol–water partition coefficient (Wildman–Crippen LogP) is 1.17. The zero-order valence-corrected chi connectivity index (χ0v) is 12.7. The largest absolute Gasteiger partial charge is 0.396 e. The molecule has 0 saturated carbocycles. The van der Waals surface area contributed by atoms with Gasteiger partial charge in [0.05, 0.1) is 6.10 Å². The first-order valence-electron chi connectivity index (χ1n) is 7.93. The van der Waals surface area contributed by atoms with Gasteiger partial charge in [0.2, 0.25) is 0 Å². The van der Waals surface area contributed by atoms with Crippen LogP contribution < -0.4 is 0 Å². The summed E-state index contributed by atoms with van der Waals surface area (Å²) in [5, 5.41) is 17.9. The van der Waals surface area contributed by atoms with E-state index >= 15 is 0 Å². The van der Waals surface area contributed by atoms with E-state index in [1.165, 1.54) is 25.9 Å². The molecule has 2 fully saturated rings. The average molecular weight is 272 g/mol. The van der Waals surface area contributed by atoms with Gasteiger partial charge in [0, 0.05) is 19.7 Å². The minimum Gasteiger partial charge on any atom is -0.396 e. The number of aliphatic hydroxyl groups excluding tert-OH is 2. The maximum Gasteiger partial charge on any atom is 0.0564 e. The second-order valence-corrected chi connectivity index (χ2v) is 5.73. The van der Waals surface area contributed by atoms with E-state index in [1.807, 2.05) is 0 Å². The molecule has 19 heavy (non-hydrogen) atoms. The summed E-state index contributed by atoms with van der Waals surface area (Å²) in [6, 6.07) is 0. The van der Waals surface area contributed by atoms with Gasteiger partial charge >= 0.3 is 0 Å². The first kappa shape index (κ1) is 16.9. The Morgan fingerprint density at radius 3 is 1.63 bits per heavy atom. The Hall–Kier alpha value is -0.160. The standard InChI is InChI=1S/C8H17NO.C7H15NO/c1-2-9-5-3-8(7-10)4-6-9;1-2-8-5-3-7(9)4-6-8/h8,10H,2-7H2,1H3;7,9H,2-6H2,1H3. The SMILES string of the molecule is CCN1CCC(CO)CC1.CCN1CCC(O)CC1. The van der Waals surface area contributed by atoms with Gasteiger partial charge in [0.25, 0.3) is 0 Å². The Morgan fingerprint density at radius 2 is 1.26 bits per heavy atom. The van der Waals surface area contributed by atoms with Gasteiger partial charge in [-0.3, -0.25) is 0 Å². The van der Waals surface area contributed by atoms with E-state index in [0.29, 0.717) is 12.5 Å². The number of hydrogen-bond donors (Lipinski definition) is 2. The molecule has 0 unspecified atom stereocenters. The highest BCUT2D eigenvalue weighted by molar-refractivity contribution is 4.70. The van der Waals surface area contributed by atoms with Crippen LogP contribution in [0.3, 0.4) is 0 Å². The number of aliphatic hydroxyl groups is 2. The summed E-state index contributed by atoms with van der Waals surface area (Å²) < 4.78 is 0. The summed E-state index contributed by atoms with van der Waals surface area (Å²) >= 11 is 0. The number of nitrogens with zero attached hydrogens (tertiary/aromatic N) is 2. The highest BCUT2D eigenvalue weighted by Crippen LogP contribution is 2.15. The normalized spacial score (nSPS) is 24.0. The quantitative estimate of drug-likeness (QED) is 0.810. The zero-order valence-electron chi connectivity index (χ0n) is 12.7. The molecule has 2 saturated heterocycles. The van der Waals surface area contributed by atoms with Gasteiger partial charge in [-0.15, -0.1) is 0 Å². The van der Waals surface area contributed by atoms with Gasteiger partial charge in [-0.2, -0.15) is 0 Å². The summed E-state index contributed by atoms with van der Waals surface area (Å²) in [5.74, 6) is 0.586. The van der Waals surface area contributed by atoms with Crippen molar-refractivity contribution < 1.29 is 10.2 Å². The van der Waals surface area contributed by atoms with Crippen molar-refractivity contribution in [3.8, 4) is 0 Å². The lowest BCUT2D eigenvalue weighted by Gasteiger charge is -2.29. The van der Waals surface area contributed by atoms with Crippen molar-refractivity contribution in [1.29, 1.82) is 0 Å². The highest BCUT2D eigenvalue weighted by atomic mass is 16.3. The smallest absolute Gasteiger partial charge is 0.0564 e. The highest BCUT2D eigenvalue weighted by Gasteiger charge is 2.16. The molecule has 0 amide bonds. The molecule has 0 radical (unpaired) electrons. The summed E-state index contributed by atoms with van der Waals surface area (Å²) in [4.78, 5) is 4.80. The van der Waals surface area contributed by atoms with Crippen LogP contribution in [0.5, 0.6) is 0 Å². The number of hydrogen-bond acceptors (Lipinski definition) is 4. The lowest BCUT2D eigenvalue weighted by molar-refractivity contribution is 0.0852. The van der Waals surface area contributed by atoms with Crippen molar-refractivity contribution in [3.05, 3.63) is 0 Å². The van der Waals surface area contributed by atoms with Crippen molar-refractivity contribution in [2.75, 3.05) is 45.9 Å². The van der Waals surface area contributed by atoms with E-state index in [4.69, 9.17) is 10.2 Å². The van der Waals surface area contributed by atoms with Crippen LogP contribution in [0.15, 0.2) is 0 Å². The summed E-state index contributed by atoms with van der Waals surface area (Å²) in [7, 11) is 0. The fourth-order valence-electron chi connectivity index (χ4n) is 2.72. The molecular formula is C15H32N2O2. The van der Waals surface area contributed by atoms with Crippen LogP contribution in [0.2, 0.25) is 0 Å². The van der Waals surface area contributed by atoms with Crippen LogP contribution >= 0.6 is 0 Å². The molecule has 0 aliphatic carbocycles. The van der Waals surface area contributed by atoms with Crippen molar-refractivity contribution in [3.63, 3.8) is 0 Å². The first-order chi connectivity index (χ1) is 9.19. The van der Waals surface area contributed by atoms with E-state index in [9.17, 15) is 0 Å². The Morgan fingerprint density at radius 1 is 0.842 bits per heavy atom. The molecule has 0 spiro atoms. The van der Waals surface area contributed by atoms with Gasteiger partial charge < -0.3 is 20.0 Å². The Balaban J connectivity index is 0.000000191. The van der Waals surface area contributed by atoms with Crippen LogP contribution in [0, 0.1) is 5.92 Å². The third-order valence-electron chi connectivity index (χ3n) is 4.42. The molecule has 0 aromatic heterocycles. The average Bonchev–Trinajstić information content (AvgIpc) is 2.49. The molecule has 2 aliphatic rings. The molecular weight excluding hydrogens is 240 g/mol. The molecule has 2 aliphatic heterocycles. The van der Waals surface area contributed by atoms with E-state index < -0.39 is 0 Å². The molecule has 0 atom stereocenters. The molecule has 0 aromatic carbocycles. The molecule has 114 valence electrons. The van der Waals surface area contributed by atoms with Crippen LogP contribution in [0.1, 0.15) is 39.5 Å². The van der Waals surface area contributed by atoms with Gasteiger partial charge in [0.15, 0.2) is 0 Å². The van der Waals surface area contributed by atoms with E-state index in [1.54, 1.807) is 0 Å². The first-order valence-corrected chi connectivity index (χ1v) is 7.93. The van der Waals surface area contributed by atoms with Crippen molar-refractivity contribution in [2.45, 2.75) is 45.6 Å². The fourth-order valence-corrected chi connectivity index (χ4v) is 2.72. The molecule has 0 bridgehead atoms. The Kier molecular flexibility index (Phi) is 8.62. The molecule has 2 N–H and O–H groups in total. The number of piperidine rings is 2. The summed E-state index contributed by atoms with van der Waals surface area (Å²) in [6.07, 6.45) is 4.28. The Labute approximate surface area is 118 Å². The van der Waals surface area contributed by atoms with Gasteiger partial charge in [-0.05, 0) is 57.8 Å². The predicted molar refractivity (Wildman–Crippen MR) is 79.3 cm³/mol. The third-order valence-corrected chi connectivity index (χ3v) is 4.42. The van der Waals surface area contributed by atoms with Gasteiger partial charge in [-0.25, -0.2) is 0 Å². The minimum absolute atomic E-state index is 0.0206. The van der Waals surface area contributed by atoms with Gasteiger partial charge in [-0.1, -0.05) is 13.8 Å². The summed E-state index contributed by atoms with van der Waals surface area (Å²) in [6.45, 7) is 11.6. The topological polar surface area (TPSA) is 46.9 Å². The second kappa shape index (κ2) is 9.70. The van der Waals surface area contributed by atoms with E-state index in [0.717, 1.165) is 39.0 Å². The van der Waals surface area contributed by atoms with Crippen molar-refractivity contribution >= 4 is 0 Å². The van der Waals surface area contributed by atoms with Crippen molar-refractivity contribution in [2.24, 2.45) is 5.92 Å². The lowest BCUT2D eigenvalue weighted by Crippen LogP contribution is -2.35. The molecule has 4 heteroatoms. The molecule has 0 aromatic rings. The van der Waals surface area contributed by atoms with Crippen LogP contribution in [-0.2, 0) is 0 Å². The molecule has 2 rings (SSSR count). The Bertz CT molecular complexity index is 198. The molecule has 2 heterocycles. The van der Waals surface area contributed by atoms with E-state index in [2.05, 4.69) is 23.6 Å². The monoisotopic (exact) mass is 272 g/mol. The van der Waals surface area contributed by atoms with Gasteiger partial charge in [0.1, 0.15) is 0 Å².